The largest absolute Gasteiger partial charge is 0.493 e. The van der Waals surface area contributed by atoms with Crippen molar-refractivity contribution in [1.29, 1.82) is 0 Å². The Morgan fingerprint density at radius 1 is 1.00 bits per heavy atom. The van der Waals surface area contributed by atoms with Gasteiger partial charge < -0.3 is 19.7 Å². The van der Waals surface area contributed by atoms with Crippen molar-refractivity contribution in [3.63, 3.8) is 0 Å². The molecule has 0 spiro atoms. The number of nitrogens with zero attached hydrogens (tertiary/aromatic N) is 1. The molecule has 0 unspecified atom stereocenters. The van der Waals surface area contributed by atoms with Gasteiger partial charge in [-0.2, -0.15) is 0 Å². The molecule has 6 nitrogen and oxygen atoms in total. The van der Waals surface area contributed by atoms with Gasteiger partial charge in [-0.15, -0.1) is 0 Å². The van der Waals surface area contributed by atoms with E-state index in [1.54, 1.807) is 30.2 Å². The zero-order valence-corrected chi connectivity index (χ0v) is 15.4. The molecule has 0 saturated carbocycles. The van der Waals surface area contributed by atoms with Crippen LogP contribution in [0, 0.1) is 0 Å². The molecule has 1 heterocycles. The number of hydrogen-bond acceptors (Lipinski definition) is 4. The molecular formula is C21H24N2O4. The molecule has 1 N–H and O–H groups in total. The summed E-state index contributed by atoms with van der Waals surface area (Å²) in [5, 5.41) is 2.82. The molecule has 0 aromatic heterocycles. The molecule has 2 aromatic carbocycles. The van der Waals surface area contributed by atoms with Crippen molar-refractivity contribution in [3.8, 4) is 11.5 Å². The first-order valence-electron chi connectivity index (χ1n) is 9.08. The van der Waals surface area contributed by atoms with Gasteiger partial charge in [0.05, 0.1) is 7.11 Å². The third kappa shape index (κ3) is 4.78. The van der Waals surface area contributed by atoms with E-state index in [-0.39, 0.29) is 18.4 Å². The lowest BCUT2D eigenvalue weighted by molar-refractivity contribution is -0.136. The number of likely N-dealkylation sites (tertiary alicyclic amines) is 1. The maximum Gasteiger partial charge on any atom is 0.258 e. The van der Waals surface area contributed by atoms with E-state index in [4.69, 9.17) is 9.47 Å². The highest BCUT2D eigenvalue weighted by Crippen LogP contribution is 2.25. The van der Waals surface area contributed by atoms with Gasteiger partial charge in [-0.25, -0.2) is 0 Å². The van der Waals surface area contributed by atoms with Gasteiger partial charge in [0.15, 0.2) is 18.1 Å². The van der Waals surface area contributed by atoms with Gasteiger partial charge in [-0.05, 0) is 30.5 Å². The van der Waals surface area contributed by atoms with Crippen LogP contribution in [-0.4, -0.2) is 43.5 Å². The molecule has 27 heavy (non-hydrogen) atoms. The molecule has 6 heteroatoms. The zero-order chi connectivity index (χ0) is 19.1. The zero-order valence-electron chi connectivity index (χ0n) is 15.4. The predicted molar refractivity (Wildman–Crippen MR) is 102 cm³/mol. The maximum atomic E-state index is 12.9. The van der Waals surface area contributed by atoms with Crippen LogP contribution in [0.2, 0.25) is 0 Å². The summed E-state index contributed by atoms with van der Waals surface area (Å²) < 4.78 is 10.8. The molecule has 1 aliphatic rings. The second-order valence-corrected chi connectivity index (χ2v) is 6.38. The van der Waals surface area contributed by atoms with Gasteiger partial charge in [0, 0.05) is 13.1 Å². The fourth-order valence-electron chi connectivity index (χ4n) is 3.14. The van der Waals surface area contributed by atoms with Crippen molar-refractivity contribution in [1.82, 2.24) is 10.2 Å². The summed E-state index contributed by atoms with van der Waals surface area (Å²) >= 11 is 0. The Balaban J connectivity index is 1.68. The van der Waals surface area contributed by atoms with E-state index in [2.05, 4.69) is 5.32 Å². The Kier molecular flexibility index (Phi) is 6.30. The van der Waals surface area contributed by atoms with E-state index in [0.29, 0.717) is 11.5 Å². The van der Waals surface area contributed by atoms with Crippen molar-refractivity contribution in [2.45, 2.75) is 18.9 Å². The van der Waals surface area contributed by atoms with Crippen molar-refractivity contribution in [3.05, 3.63) is 60.2 Å². The molecule has 2 aromatic rings. The molecule has 0 radical (unpaired) electrons. The second-order valence-electron chi connectivity index (χ2n) is 6.38. The highest BCUT2D eigenvalue weighted by atomic mass is 16.5. The minimum absolute atomic E-state index is 0.0793. The number of carbonyl (C=O) groups excluding carboxylic acids is 2. The molecule has 142 valence electrons. The lowest BCUT2D eigenvalue weighted by Gasteiger charge is -2.24. The summed E-state index contributed by atoms with van der Waals surface area (Å²) in [6, 6.07) is 15.7. The predicted octanol–water partition coefficient (Wildman–Crippen LogP) is 2.55. The Morgan fingerprint density at radius 3 is 2.30 bits per heavy atom. The Hall–Kier alpha value is -3.02. The van der Waals surface area contributed by atoms with Crippen LogP contribution in [0.1, 0.15) is 24.4 Å². The number of benzene rings is 2. The van der Waals surface area contributed by atoms with E-state index < -0.39 is 6.04 Å². The van der Waals surface area contributed by atoms with Gasteiger partial charge in [0.2, 0.25) is 5.91 Å². The Morgan fingerprint density at radius 2 is 1.63 bits per heavy atom. The van der Waals surface area contributed by atoms with Crippen LogP contribution >= 0.6 is 0 Å². The summed E-state index contributed by atoms with van der Waals surface area (Å²) in [4.78, 5) is 27.2. The summed E-state index contributed by atoms with van der Waals surface area (Å²) in [6.45, 7) is 1.27. The van der Waals surface area contributed by atoms with E-state index in [1.165, 1.54) is 0 Å². The summed E-state index contributed by atoms with van der Waals surface area (Å²) in [5.41, 5.74) is 0.764. The number of ether oxygens (including phenoxy) is 2. The van der Waals surface area contributed by atoms with Crippen LogP contribution in [0.25, 0.3) is 0 Å². The highest BCUT2D eigenvalue weighted by Gasteiger charge is 2.29. The topological polar surface area (TPSA) is 67.9 Å². The molecule has 1 aliphatic heterocycles. The highest BCUT2D eigenvalue weighted by molar-refractivity contribution is 5.89. The SMILES string of the molecule is COc1ccccc1OCC(=O)N[C@@H](C(=O)N1CCCC1)c1ccccc1. The van der Waals surface area contributed by atoms with Crippen LogP contribution in [0.3, 0.4) is 0 Å². The number of hydrogen-bond donors (Lipinski definition) is 1. The standard InChI is InChI=1S/C21H24N2O4/c1-26-17-11-5-6-12-18(17)27-15-19(24)22-20(16-9-3-2-4-10-16)21(25)23-13-7-8-14-23/h2-6,9-12,20H,7-8,13-15H2,1H3,(H,22,24)/t20-/m1/s1. The minimum Gasteiger partial charge on any atom is -0.493 e. The quantitative estimate of drug-likeness (QED) is 0.816. The monoisotopic (exact) mass is 368 g/mol. The number of rotatable bonds is 7. The van der Waals surface area contributed by atoms with Crippen molar-refractivity contribution in [2.24, 2.45) is 0 Å². The van der Waals surface area contributed by atoms with Gasteiger partial charge in [-0.1, -0.05) is 42.5 Å². The summed E-state index contributed by atoms with van der Waals surface area (Å²) in [5.74, 6) is 0.599. The number of nitrogens with one attached hydrogen (secondary N) is 1. The van der Waals surface area contributed by atoms with Crippen molar-refractivity contribution in [2.75, 3.05) is 26.8 Å². The Bertz CT molecular complexity index is 773. The summed E-state index contributed by atoms with van der Waals surface area (Å²) in [6.07, 6.45) is 2.00. The number of methoxy groups -OCH3 is 1. The third-order valence-electron chi connectivity index (χ3n) is 4.53. The molecule has 2 amide bonds. The minimum atomic E-state index is -0.710. The molecule has 1 saturated heterocycles. The maximum absolute atomic E-state index is 12.9. The van der Waals surface area contributed by atoms with Crippen molar-refractivity contribution < 1.29 is 19.1 Å². The smallest absolute Gasteiger partial charge is 0.258 e. The van der Waals surface area contributed by atoms with E-state index in [1.807, 2.05) is 36.4 Å². The lowest BCUT2D eigenvalue weighted by atomic mass is 10.1. The molecule has 1 fully saturated rings. The molecule has 3 rings (SSSR count). The third-order valence-corrected chi connectivity index (χ3v) is 4.53. The Labute approximate surface area is 159 Å². The first-order chi connectivity index (χ1) is 13.2. The molecule has 1 atom stereocenters. The van der Waals surface area contributed by atoms with Crippen LogP contribution in [0.4, 0.5) is 0 Å². The average Bonchev–Trinajstić information content (AvgIpc) is 3.25. The van der Waals surface area contributed by atoms with Gasteiger partial charge in [-0.3, -0.25) is 9.59 Å². The lowest BCUT2D eigenvalue weighted by Crippen LogP contribution is -2.43. The van der Waals surface area contributed by atoms with Crippen LogP contribution in [0.5, 0.6) is 11.5 Å². The fourth-order valence-corrected chi connectivity index (χ4v) is 3.14. The summed E-state index contributed by atoms with van der Waals surface area (Å²) in [7, 11) is 1.54. The first kappa shape index (κ1) is 18.8. The van der Waals surface area contributed by atoms with Crippen LogP contribution < -0.4 is 14.8 Å². The number of para-hydroxylation sites is 2. The molecular weight excluding hydrogens is 344 g/mol. The van der Waals surface area contributed by atoms with Crippen molar-refractivity contribution >= 4 is 11.8 Å². The molecule has 0 bridgehead atoms. The van der Waals surface area contributed by atoms with Gasteiger partial charge in [0.25, 0.3) is 5.91 Å². The van der Waals surface area contributed by atoms with Crippen LogP contribution in [-0.2, 0) is 9.59 Å². The van der Waals surface area contributed by atoms with Gasteiger partial charge in [0.1, 0.15) is 6.04 Å². The van der Waals surface area contributed by atoms with Gasteiger partial charge >= 0.3 is 0 Å². The number of amides is 2. The fraction of sp³-hybridized carbons (Fsp3) is 0.333. The number of carbonyl (C=O) groups is 2. The van der Waals surface area contributed by atoms with E-state index >= 15 is 0 Å². The van der Waals surface area contributed by atoms with E-state index in [9.17, 15) is 9.59 Å². The normalized spacial score (nSPS) is 14.5. The average molecular weight is 368 g/mol. The molecule has 0 aliphatic carbocycles. The second kappa shape index (κ2) is 9.07. The van der Waals surface area contributed by atoms with E-state index in [0.717, 1.165) is 31.5 Å². The first-order valence-corrected chi connectivity index (χ1v) is 9.08. The van der Waals surface area contributed by atoms with Crippen LogP contribution in [0.15, 0.2) is 54.6 Å².